The SMILES string of the molecule is COc1ccc(C2CC(=O)C(C=NCCC[NH+]3CCOCC3)C(=O)C2)cc1. The molecule has 3 rings (SSSR count). The second-order valence-corrected chi connectivity index (χ2v) is 7.31. The van der Waals surface area contributed by atoms with Crippen molar-refractivity contribution in [2.75, 3.05) is 46.5 Å². The molecule has 1 saturated carbocycles. The number of ketones is 2. The number of carbonyl (C=O) groups excluding carboxylic acids is 2. The Hall–Kier alpha value is -2.05. The van der Waals surface area contributed by atoms with Crippen molar-refractivity contribution in [3.8, 4) is 5.75 Å². The molecule has 146 valence electrons. The summed E-state index contributed by atoms with van der Waals surface area (Å²) in [5.74, 6) is 0.0427. The van der Waals surface area contributed by atoms with Crippen LogP contribution in [0.25, 0.3) is 0 Å². The van der Waals surface area contributed by atoms with E-state index in [4.69, 9.17) is 9.47 Å². The van der Waals surface area contributed by atoms with E-state index in [1.807, 2.05) is 24.3 Å². The summed E-state index contributed by atoms with van der Waals surface area (Å²) < 4.78 is 10.5. The third-order valence-electron chi connectivity index (χ3n) is 5.45. The van der Waals surface area contributed by atoms with E-state index in [2.05, 4.69) is 4.99 Å². The maximum absolute atomic E-state index is 12.5. The van der Waals surface area contributed by atoms with E-state index in [-0.39, 0.29) is 17.5 Å². The molecule has 6 heteroatoms. The number of aliphatic imine (C=N–C) groups is 1. The minimum atomic E-state index is -0.657. The van der Waals surface area contributed by atoms with Crippen molar-refractivity contribution < 1.29 is 24.0 Å². The number of nitrogens with zero attached hydrogens (tertiary/aromatic N) is 1. The molecule has 1 aliphatic carbocycles. The lowest BCUT2D eigenvalue weighted by Gasteiger charge is -2.25. The molecule has 6 nitrogen and oxygen atoms in total. The van der Waals surface area contributed by atoms with Gasteiger partial charge in [-0.25, -0.2) is 0 Å². The predicted octanol–water partition coefficient (Wildman–Crippen LogP) is 0.703. The molecule has 2 fully saturated rings. The van der Waals surface area contributed by atoms with E-state index in [9.17, 15) is 9.59 Å². The number of ether oxygens (including phenoxy) is 2. The fraction of sp³-hybridized carbons (Fsp3) is 0.571. The van der Waals surface area contributed by atoms with Crippen LogP contribution < -0.4 is 9.64 Å². The summed E-state index contributed by atoms with van der Waals surface area (Å²) in [6.45, 7) is 5.50. The summed E-state index contributed by atoms with van der Waals surface area (Å²) in [5.41, 5.74) is 1.02. The van der Waals surface area contributed by atoms with Gasteiger partial charge in [0.1, 0.15) is 36.3 Å². The molecule has 1 N–H and O–H groups in total. The number of methoxy groups -OCH3 is 1. The molecule has 0 bridgehead atoms. The van der Waals surface area contributed by atoms with Gasteiger partial charge in [-0.3, -0.25) is 14.6 Å². The molecule has 0 atom stereocenters. The Morgan fingerprint density at radius 1 is 1.15 bits per heavy atom. The maximum atomic E-state index is 12.5. The number of hydrogen-bond donors (Lipinski definition) is 1. The van der Waals surface area contributed by atoms with Crippen LogP contribution in [0.2, 0.25) is 0 Å². The first-order valence-corrected chi connectivity index (χ1v) is 9.78. The van der Waals surface area contributed by atoms with Crippen LogP contribution in [0.5, 0.6) is 5.75 Å². The molecule has 1 saturated heterocycles. The fourth-order valence-corrected chi connectivity index (χ4v) is 3.78. The number of Topliss-reactive ketones (excluding diaryl/α,β-unsaturated/α-hetero) is 2. The zero-order valence-electron chi connectivity index (χ0n) is 16.0. The topological polar surface area (TPSA) is 69.4 Å². The molecule has 1 aromatic rings. The highest BCUT2D eigenvalue weighted by Gasteiger charge is 2.34. The second-order valence-electron chi connectivity index (χ2n) is 7.31. The van der Waals surface area contributed by atoms with Gasteiger partial charge < -0.3 is 14.4 Å². The van der Waals surface area contributed by atoms with Gasteiger partial charge in [-0.05, 0) is 23.6 Å². The molecule has 0 radical (unpaired) electrons. The lowest BCUT2D eigenvalue weighted by molar-refractivity contribution is -0.908. The predicted molar refractivity (Wildman–Crippen MR) is 103 cm³/mol. The second kappa shape index (κ2) is 9.76. The molecule has 0 amide bonds. The monoisotopic (exact) mass is 373 g/mol. The van der Waals surface area contributed by atoms with Crippen molar-refractivity contribution >= 4 is 17.8 Å². The first-order chi connectivity index (χ1) is 13.2. The third-order valence-corrected chi connectivity index (χ3v) is 5.45. The zero-order chi connectivity index (χ0) is 19.1. The van der Waals surface area contributed by atoms with Crippen LogP contribution in [-0.2, 0) is 14.3 Å². The van der Waals surface area contributed by atoms with Crippen LogP contribution in [0.4, 0.5) is 0 Å². The summed E-state index contributed by atoms with van der Waals surface area (Å²) in [4.78, 5) is 30.9. The number of hydrogen-bond acceptors (Lipinski definition) is 5. The van der Waals surface area contributed by atoms with Crippen LogP contribution >= 0.6 is 0 Å². The van der Waals surface area contributed by atoms with Crippen LogP contribution in [0, 0.1) is 5.92 Å². The summed E-state index contributed by atoms with van der Waals surface area (Å²) in [7, 11) is 1.62. The molecule has 1 heterocycles. The molecular weight excluding hydrogens is 344 g/mol. The molecule has 1 aliphatic heterocycles. The Morgan fingerprint density at radius 2 is 1.81 bits per heavy atom. The van der Waals surface area contributed by atoms with E-state index in [1.165, 1.54) is 0 Å². The first kappa shape index (κ1) is 19.7. The Labute approximate surface area is 160 Å². The summed E-state index contributed by atoms with van der Waals surface area (Å²) in [6, 6.07) is 7.61. The standard InChI is InChI=1S/C21H28N2O4/c1-26-18-5-3-16(4-6-18)17-13-20(24)19(21(25)14-17)15-22-7-2-8-23-9-11-27-12-10-23/h3-6,15,17,19H,2,7-14H2,1H3/p+1. The molecular formula is C21H29N2O4+. The van der Waals surface area contributed by atoms with Crippen molar-refractivity contribution in [2.24, 2.45) is 10.9 Å². The minimum absolute atomic E-state index is 0.0189. The number of benzene rings is 1. The van der Waals surface area contributed by atoms with Crippen molar-refractivity contribution in [3.05, 3.63) is 29.8 Å². The zero-order valence-corrected chi connectivity index (χ0v) is 16.0. The molecule has 27 heavy (non-hydrogen) atoms. The van der Waals surface area contributed by atoms with Crippen LogP contribution in [-0.4, -0.2) is 64.3 Å². The van der Waals surface area contributed by atoms with Gasteiger partial charge in [-0.15, -0.1) is 0 Å². The molecule has 0 unspecified atom stereocenters. The Bertz CT molecular complexity index is 647. The molecule has 0 spiro atoms. The first-order valence-electron chi connectivity index (χ1n) is 9.78. The number of nitrogens with one attached hydrogen (secondary N) is 1. The Balaban J connectivity index is 1.46. The van der Waals surface area contributed by atoms with Gasteiger partial charge in [0, 0.05) is 32.0 Å². The lowest BCUT2D eigenvalue weighted by atomic mass is 9.77. The van der Waals surface area contributed by atoms with E-state index < -0.39 is 5.92 Å². The average molecular weight is 373 g/mol. The van der Waals surface area contributed by atoms with Crippen molar-refractivity contribution in [3.63, 3.8) is 0 Å². The molecule has 0 aromatic heterocycles. The van der Waals surface area contributed by atoms with Gasteiger partial charge in [0.25, 0.3) is 0 Å². The van der Waals surface area contributed by atoms with E-state index in [1.54, 1.807) is 18.2 Å². The normalized spacial score (nSPS) is 24.5. The third kappa shape index (κ3) is 5.47. The largest absolute Gasteiger partial charge is 0.497 e. The van der Waals surface area contributed by atoms with Gasteiger partial charge in [-0.1, -0.05) is 12.1 Å². The van der Waals surface area contributed by atoms with Gasteiger partial charge in [0.2, 0.25) is 0 Å². The van der Waals surface area contributed by atoms with E-state index in [0.717, 1.165) is 50.6 Å². The van der Waals surface area contributed by atoms with Gasteiger partial charge >= 0.3 is 0 Å². The van der Waals surface area contributed by atoms with E-state index in [0.29, 0.717) is 19.4 Å². The quantitative estimate of drug-likeness (QED) is 0.434. The highest BCUT2D eigenvalue weighted by Crippen LogP contribution is 2.32. The number of morpholine rings is 1. The van der Waals surface area contributed by atoms with Crippen LogP contribution in [0.1, 0.15) is 30.7 Å². The smallest absolute Gasteiger partial charge is 0.149 e. The van der Waals surface area contributed by atoms with Crippen LogP contribution in [0.15, 0.2) is 29.3 Å². The Kier molecular flexibility index (Phi) is 7.12. The summed E-state index contributed by atoms with van der Waals surface area (Å²) in [6.07, 6.45) is 3.35. The molecule has 1 aromatic carbocycles. The lowest BCUT2D eigenvalue weighted by Crippen LogP contribution is -3.14. The van der Waals surface area contributed by atoms with Gasteiger partial charge in [0.05, 0.1) is 26.9 Å². The van der Waals surface area contributed by atoms with Crippen molar-refractivity contribution in [2.45, 2.75) is 25.2 Å². The molecule has 2 aliphatic rings. The highest BCUT2D eigenvalue weighted by atomic mass is 16.5. The number of rotatable bonds is 7. The summed E-state index contributed by atoms with van der Waals surface area (Å²) in [5, 5.41) is 0. The van der Waals surface area contributed by atoms with Crippen LogP contribution in [0.3, 0.4) is 0 Å². The number of quaternary nitrogens is 1. The van der Waals surface area contributed by atoms with Crippen molar-refractivity contribution in [1.82, 2.24) is 0 Å². The van der Waals surface area contributed by atoms with Gasteiger partial charge in [-0.2, -0.15) is 0 Å². The minimum Gasteiger partial charge on any atom is -0.497 e. The summed E-state index contributed by atoms with van der Waals surface area (Å²) >= 11 is 0. The van der Waals surface area contributed by atoms with Gasteiger partial charge in [0.15, 0.2) is 0 Å². The number of carbonyl (C=O) groups is 2. The van der Waals surface area contributed by atoms with E-state index >= 15 is 0 Å². The fourth-order valence-electron chi connectivity index (χ4n) is 3.78. The highest BCUT2D eigenvalue weighted by molar-refractivity contribution is 6.16. The maximum Gasteiger partial charge on any atom is 0.149 e. The van der Waals surface area contributed by atoms with Crippen molar-refractivity contribution in [1.29, 1.82) is 0 Å². The average Bonchev–Trinajstić information content (AvgIpc) is 2.70. The Morgan fingerprint density at radius 3 is 2.44 bits per heavy atom.